The van der Waals surface area contributed by atoms with Crippen LogP contribution in [0.3, 0.4) is 0 Å². The Morgan fingerprint density at radius 3 is 1.67 bits per heavy atom. The van der Waals surface area contributed by atoms with Crippen molar-refractivity contribution in [2.45, 2.75) is 13.1 Å². The maximum Gasteiger partial charge on any atom is 0.136 e. The summed E-state index contributed by atoms with van der Waals surface area (Å²) >= 11 is 0. The van der Waals surface area contributed by atoms with E-state index in [0.717, 1.165) is 0 Å². The van der Waals surface area contributed by atoms with Crippen molar-refractivity contribution in [1.29, 1.82) is 0 Å². The van der Waals surface area contributed by atoms with Crippen LogP contribution in [-0.2, 0) is 0 Å². The number of rotatable bonds is 2. The number of aliphatic imine (C=N–C) groups is 2. The lowest BCUT2D eigenvalue weighted by Crippen LogP contribution is -1.86. The summed E-state index contributed by atoms with van der Waals surface area (Å²) in [6, 6.07) is 0. The van der Waals surface area contributed by atoms with Gasteiger partial charge in [-0.15, -0.1) is 0 Å². The molecule has 2 nitrogen and oxygen atoms in total. The summed E-state index contributed by atoms with van der Waals surface area (Å²) in [5, 5.41) is 0. The molecular weight excluding hydrogens is 76.1 g/mol. The minimum absolute atomic E-state index is 0.259. The van der Waals surface area contributed by atoms with Gasteiger partial charge in [0.15, 0.2) is 0 Å². The first kappa shape index (κ1) is 5.34. The summed E-state index contributed by atoms with van der Waals surface area (Å²) < 4.78 is 0. The van der Waals surface area contributed by atoms with Crippen LogP contribution in [0, 0.1) is 0 Å². The smallest absolute Gasteiger partial charge is 0.136 e. The first-order valence-corrected chi connectivity index (χ1v) is 1.61. The Morgan fingerprint density at radius 2 is 1.67 bits per heavy atom. The Labute approximate surface area is 37.6 Å². The molecular formula is C4H6N2. The molecule has 32 valence electrons. The lowest BCUT2D eigenvalue weighted by molar-refractivity contribution is 0.809. The normalized spacial score (nSPS) is 12.8. The van der Waals surface area contributed by atoms with Gasteiger partial charge in [0, 0.05) is 13.4 Å². The molecule has 0 aromatic carbocycles. The third kappa shape index (κ3) is 1.64. The van der Waals surface area contributed by atoms with E-state index in [1.165, 1.54) is 0 Å². The average molecular weight is 82.1 g/mol. The second-order valence-electron chi connectivity index (χ2n) is 0.930. The lowest BCUT2D eigenvalue weighted by atomic mass is 10.6. The molecule has 0 rings (SSSR count). The summed E-state index contributed by atoms with van der Waals surface area (Å²) in [7, 11) is 0. The molecule has 0 saturated carbocycles. The average Bonchev–Trinajstić information content (AvgIpc) is 1.65. The second-order valence-corrected chi connectivity index (χ2v) is 0.930. The molecule has 0 aromatic heterocycles. The summed E-state index contributed by atoms with van der Waals surface area (Å²) in [6.45, 7) is 11.2. The van der Waals surface area contributed by atoms with Gasteiger partial charge in [-0.25, -0.2) is 0 Å². The molecule has 0 spiro atoms. The fraction of sp³-hybridized carbons (Fsp3) is 0.500. The molecule has 0 aliphatic rings. The monoisotopic (exact) mass is 82.1 g/mol. The Morgan fingerprint density at radius 1 is 1.33 bits per heavy atom. The highest BCUT2D eigenvalue weighted by molar-refractivity contribution is 5.27. The summed E-state index contributed by atoms with van der Waals surface area (Å²) in [5.41, 5.74) is 0. The first-order chi connectivity index (χ1) is 2.81. The topological polar surface area (TPSA) is 24.7 Å². The summed E-state index contributed by atoms with van der Waals surface area (Å²) in [6.07, 6.45) is -0.259. The van der Waals surface area contributed by atoms with E-state index in [0.29, 0.717) is 0 Å². The number of hydrogen-bond donors (Lipinski definition) is 0. The van der Waals surface area contributed by atoms with Gasteiger partial charge in [0.05, 0.1) is 0 Å². The van der Waals surface area contributed by atoms with E-state index < -0.39 is 0 Å². The standard InChI is InChI=1S/C4H6N2/c1-4(5-2)6-3/h2-4H,1H3. The van der Waals surface area contributed by atoms with Crippen LogP contribution >= 0.6 is 0 Å². The van der Waals surface area contributed by atoms with Gasteiger partial charge in [0.25, 0.3) is 0 Å². The van der Waals surface area contributed by atoms with Crippen LogP contribution in [0.15, 0.2) is 9.98 Å². The molecule has 0 aliphatic carbocycles. The molecule has 0 aliphatic heterocycles. The van der Waals surface area contributed by atoms with Gasteiger partial charge in [0.2, 0.25) is 0 Å². The molecule has 2 heteroatoms. The van der Waals surface area contributed by atoms with E-state index in [1.54, 1.807) is 6.92 Å². The third-order valence-corrected chi connectivity index (χ3v) is 0.431. The van der Waals surface area contributed by atoms with Crippen LogP contribution in [0.1, 0.15) is 6.92 Å². The van der Waals surface area contributed by atoms with Crippen LogP contribution in [0.5, 0.6) is 0 Å². The SMILES string of the molecule is [CH]=NC(C)N=[CH]. The molecule has 6 heavy (non-hydrogen) atoms. The van der Waals surface area contributed by atoms with Gasteiger partial charge in [-0.2, -0.15) is 0 Å². The maximum absolute atomic E-state index is 4.73. The van der Waals surface area contributed by atoms with Gasteiger partial charge in [-0.3, -0.25) is 9.98 Å². The van der Waals surface area contributed by atoms with Crippen molar-refractivity contribution in [3.63, 3.8) is 0 Å². The zero-order chi connectivity index (χ0) is 4.99. The van der Waals surface area contributed by atoms with E-state index in [4.69, 9.17) is 13.4 Å². The summed E-state index contributed by atoms with van der Waals surface area (Å²) in [5.74, 6) is 0. The van der Waals surface area contributed by atoms with Gasteiger partial charge >= 0.3 is 0 Å². The van der Waals surface area contributed by atoms with Crippen molar-refractivity contribution in [3.8, 4) is 0 Å². The number of nitrogens with zero attached hydrogens (tertiary/aromatic N) is 2. The molecule has 2 radical (unpaired) electrons. The van der Waals surface area contributed by atoms with Gasteiger partial charge in [-0.05, 0) is 6.92 Å². The van der Waals surface area contributed by atoms with Crippen molar-refractivity contribution in [2.24, 2.45) is 9.98 Å². The van der Waals surface area contributed by atoms with Crippen molar-refractivity contribution >= 4 is 13.4 Å². The zero-order valence-electron chi connectivity index (χ0n) is 3.63. The fourth-order valence-corrected chi connectivity index (χ4v) is 0.0385. The summed E-state index contributed by atoms with van der Waals surface area (Å²) in [4.78, 5) is 6.43. The number of hydrogen-bond acceptors (Lipinski definition) is 2. The minimum Gasteiger partial charge on any atom is -0.265 e. The molecule has 0 atom stereocenters. The van der Waals surface area contributed by atoms with E-state index in [-0.39, 0.29) is 6.17 Å². The van der Waals surface area contributed by atoms with Crippen molar-refractivity contribution in [1.82, 2.24) is 0 Å². The molecule has 0 unspecified atom stereocenters. The van der Waals surface area contributed by atoms with Gasteiger partial charge in [-0.1, -0.05) is 0 Å². The highest BCUT2D eigenvalue weighted by Gasteiger charge is 1.81. The zero-order valence-corrected chi connectivity index (χ0v) is 3.63. The minimum atomic E-state index is -0.259. The highest BCUT2D eigenvalue weighted by Crippen LogP contribution is 1.82. The predicted molar refractivity (Wildman–Crippen MR) is 26.4 cm³/mol. The van der Waals surface area contributed by atoms with E-state index in [1.807, 2.05) is 0 Å². The molecule has 0 N–H and O–H groups in total. The van der Waals surface area contributed by atoms with Crippen LogP contribution in [0.25, 0.3) is 0 Å². The second kappa shape index (κ2) is 2.57. The highest BCUT2D eigenvalue weighted by atomic mass is 14.9. The maximum atomic E-state index is 4.73. The molecule has 0 heterocycles. The third-order valence-electron chi connectivity index (χ3n) is 0.431. The molecule has 0 fully saturated rings. The van der Waals surface area contributed by atoms with Crippen molar-refractivity contribution < 1.29 is 0 Å². The van der Waals surface area contributed by atoms with Crippen LogP contribution < -0.4 is 0 Å². The Bertz CT molecular complexity index is 50.6. The van der Waals surface area contributed by atoms with E-state index in [2.05, 4.69) is 9.98 Å². The van der Waals surface area contributed by atoms with Crippen molar-refractivity contribution in [2.75, 3.05) is 0 Å². The molecule has 0 bridgehead atoms. The molecule has 0 saturated heterocycles. The molecule has 0 amide bonds. The van der Waals surface area contributed by atoms with Crippen molar-refractivity contribution in [3.05, 3.63) is 0 Å². The van der Waals surface area contributed by atoms with E-state index >= 15 is 0 Å². The first-order valence-electron chi connectivity index (χ1n) is 1.61. The lowest BCUT2D eigenvalue weighted by Gasteiger charge is -1.88. The molecule has 0 aromatic rings. The van der Waals surface area contributed by atoms with Crippen LogP contribution in [-0.4, -0.2) is 19.6 Å². The largest absolute Gasteiger partial charge is 0.265 e. The quantitative estimate of drug-likeness (QED) is 0.433. The van der Waals surface area contributed by atoms with E-state index in [9.17, 15) is 0 Å². The predicted octanol–water partition coefficient (Wildman–Crippen LogP) is 0.488. The van der Waals surface area contributed by atoms with Gasteiger partial charge < -0.3 is 0 Å². The van der Waals surface area contributed by atoms with Gasteiger partial charge in [0.1, 0.15) is 6.17 Å². The Kier molecular flexibility index (Phi) is 2.29. The fourth-order valence-electron chi connectivity index (χ4n) is 0.0385. The van der Waals surface area contributed by atoms with Crippen LogP contribution in [0.2, 0.25) is 0 Å². The Hall–Kier alpha value is -0.660. The Balaban J connectivity index is 3.21. The van der Waals surface area contributed by atoms with Crippen LogP contribution in [0.4, 0.5) is 0 Å².